The maximum Gasteiger partial charge on any atom is 1.00 e. The third kappa shape index (κ3) is 27.0. The maximum atomic E-state index is 10.1. The van der Waals surface area contributed by atoms with Crippen LogP contribution in [0.2, 0.25) is 0 Å². The molecule has 0 aliphatic rings. The van der Waals surface area contributed by atoms with Crippen molar-refractivity contribution in [2.45, 2.75) is 71.1 Å². The molecule has 0 aromatic heterocycles. The Morgan fingerprint density at radius 2 is 1.20 bits per heavy atom. The Bertz CT molecular complexity index is 268. The van der Waals surface area contributed by atoms with Gasteiger partial charge < -0.3 is 4.55 Å². The molecule has 0 aromatic carbocycles. The molecule has 0 heterocycles. The summed E-state index contributed by atoms with van der Waals surface area (Å²) in [4.78, 5) is 0. The van der Waals surface area contributed by atoms with Crippen molar-refractivity contribution in [2.75, 3.05) is 6.61 Å². The molecule has 0 saturated heterocycles. The normalized spacial score (nSPS) is 10.3. The Morgan fingerprint density at radius 3 is 1.55 bits per heavy atom. The standard InChI is InChI=1S/C12H26O4S.C2H4.Na/c1-2-3-4-5-6-7-8-9-10-11-12-16-17(13,14)15;1-2;/h2-12H2,1H3,(H,13,14,15);1-2H2;/q;;+1/p-1. The molecule has 116 valence electrons. The minimum atomic E-state index is -4.48. The summed E-state index contributed by atoms with van der Waals surface area (Å²) < 4.78 is 34.5. The molecule has 0 amide bonds. The van der Waals surface area contributed by atoms with Gasteiger partial charge in [0, 0.05) is 0 Å². The van der Waals surface area contributed by atoms with E-state index in [-0.39, 0.29) is 36.2 Å². The molecule has 0 fully saturated rings. The first-order valence-corrected chi connectivity index (χ1v) is 8.50. The molecule has 0 atom stereocenters. The molecule has 0 aliphatic heterocycles. The van der Waals surface area contributed by atoms with Gasteiger partial charge in [0.1, 0.15) is 0 Å². The summed E-state index contributed by atoms with van der Waals surface area (Å²) in [5.74, 6) is 0. The van der Waals surface area contributed by atoms with Crippen molar-refractivity contribution in [1.29, 1.82) is 0 Å². The van der Waals surface area contributed by atoms with E-state index in [1.54, 1.807) is 0 Å². The van der Waals surface area contributed by atoms with Crippen LogP contribution in [0, 0.1) is 0 Å². The van der Waals surface area contributed by atoms with Gasteiger partial charge in [-0.3, -0.25) is 4.18 Å². The van der Waals surface area contributed by atoms with E-state index in [0.717, 1.165) is 12.8 Å². The Balaban J connectivity index is -0.000000916. The van der Waals surface area contributed by atoms with Gasteiger partial charge in [0.25, 0.3) is 0 Å². The fourth-order valence-corrected chi connectivity index (χ4v) is 2.07. The number of hydrogen-bond acceptors (Lipinski definition) is 4. The molecule has 0 rings (SSSR count). The molecule has 0 unspecified atom stereocenters. The van der Waals surface area contributed by atoms with Gasteiger partial charge in [0.2, 0.25) is 10.4 Å². The van der Waals surface area contributed by atoms with Crippen molar-refractivity contribution in [1.82, 2.24) is 0 Å². The van der Waals surface area contributed by atoms with Gasteiger partial charge in [-0.2, -0.15) is 0 Å². The van der Waals surface area contributed by atoms with Crippen LogP contribution in [0.5, 0.6) is 0 Å². The van der Waals surface area contributed by atoms with Crippen LogP contribution in [-0.2, 0) is 14.6 Å². The van der Waals surface area contributed by atoms with E-state index in [4.69, 9.17) is 0 Å². The predicted octanol–water partition coefficient (Wildman–Crippen LogP) is 1.19. The molecule has 0 saturated carbocycles. The van der Waals surface area contributed by atoms with Gasteiger partial charge in [-0.15, -0.1) is 13.2 Å². The molecule has 20 heavy (non-hydrogen) atoms. The fourth-order valence-electron chi connectivity index (χ4n) is 1.75. The quantitative estimate of drug-likeness (QED) is 0.178. The third-order valence-corrected chi connectivity index (χ3v) is 3.18. The molecule has 0 spiro atoms. The zero-order valence-corrected chi connectivity index (χ0v) is 16.1. The number of unbranched alkanes of at least 4 members (excludes halogenated alkanes) is 9. The minimum absolute atomic E-state index is 0. The van der Waals surface area contributed by atoms with Crippen LogP contribution < -0.4 is 29.6 Å². The predicted molar refractivity (Wildman–Crippen MR) is 78.7 cm³/mol. The van der Waals surface area contributed by atoms with E-state index in [9.17, 15) is 13.0 Å². The van der Waals surface area contributed by atoms with E-state index in [2.05, 4.69) is 24.3 Å². The second kappa shape index (κ2) is 19.6. The SMILES string of the molecule is C=C.CCCCCCCCCCCCOS(=O)(=O)[O-].[Na+]. The van der Waals surface area contributed by atoms with Crippen molar-refractivity contribution >= 4 is 10.4 Å². The van der Waals surface area contributed by atoms with Crippen LogP contribution in [0.1, 0.15) is 71.1 Å². The Kier molecular flexibility index (Phi) is 25.1. The summed E-state index contributed by atoms with van der Waals surface area (Å²) in [5.41, 5.74) is 0. The van der Waals surface area contributed by atoms with Gasteiger partial charge in [-0.1, -0.05) is 64.7 Å². The Labute approximate surface area is 147 Å². The van der Waals surface area contributed by atoms with Crippen LogP contribution in [0.4, 0.5) is 0 Å². The van der Waals surface area contributed by atoms with Gasteiger partial charge in [0.15, 0.2) is 0 Å². The Morgan fingerprint density at radius 1 is 0.850 bits per heavy atom. The zero-order valence-electron chi connectivity index (χ0n) is 13.2. The van der Waals surface area contributed by atoms with Crippen LogP contribution in [0.25, 0.3) is 0 Å². The number of hydrogen-bond donors (Lipinski definition) is 0. The van der Waals surface area contributed by atoms with Crippen molar-refractivity contribution in [3.63, 3.8) is 0 Å². The van der Waals surface area contributed by atoms with Gasteiger partial charge in [-0.05, 0) is 6.42 Å². The topological polar surface area (TPSA) is 66.4 Å². The van der Waals surface area contributed by atoms with E-state index in [1.165, 1.54) is 44.9 Å². The average Bonchev–Trinajstić information content (AvgIpc) is 2.37. The second-order valence-corrected chi connectivity index (χ2v) is 5.46. The first kappa shape index (κ1) is 25.6. The monoisotopic (exact) mass is 316 g/mol. The molecule has 0 N–H and O–H groups in total. The van der Waals surface area contributed by atoms with E-state index >= 15 is 0 Å². The van der Waals surface area contributed by atoms with Crippen molar-refractivity contribution in [3.05, 3.63) is 13.2 Å². The first-order valence-electron chi connectivity index (χ1n) is 7.16. The maximum absolute atomic E-state index is 10.1. The Hall–Kier alpha value is 0.610. The summed E-state index contributed by atoms with van der Waals surface area (Å²) in [6.45, 7) is 8.24. The van der Waals surface area contributed by atoms with Crippen LogP contribution in [0.15, 0.2) is 13.2 Å². The summed E-state index contributed by atoms with van der Waals surface area (Å²) in [6.07, 6.45) is 11.7. The molecular formula is C14H29NaO4S. The molecule has 0 aliphatic carbocycles. The van der Waals surface area contributed by atoms with Crippen molar-refractivity contribution in [3.8, 4) is 0 Å². The fraction of sp³-hybridized carbons (Fsp3) is 0.857. The molecular weight excluding hydrogens is 287 g/mol. The van der Waals surface area contributed by atoms with Gasteiger partial charge >= 0.3 is 29.6 Å². The smallest absolute Gasteiger partial charge is 0.726 e. The van der Waals surface area contributed by atoms with Crippen molar-refractivity contribution in [2.24, 2.45) is 0 Å². The summed E-state index contributed by atoms with van der Waals surface area (Å²) in [6, 6.07) is 0. The van der Waals surface area contributed by atoms with Gasteiger partial charge in [-0.25, -0.2) is 8.42 Å². The average molecular weight is 316 g/mol. The third-order valence-electron chi connectivity index (χ3n) is 2.73. The van der Waals surface area contributed by atoms with Crippen LogP contribution in [0.3, 0.4) is 0 Å². The van der Waals surface area contributed by atoms with Crippen molar-refractivity contribution < 1.29 is 46.7 Å². The molecule has 0 aromatic rings. The largest absolute Gasteiger partial charge is 1.00 e. The van der Waals surface area contributed by atoms with Crippen LogP contribution >= 0.6 is 0 Å². The first-order chi connectivity index (χ1) is 9.06. The molecule has 6 heteroatoms. The second-order valence-electron chi connectivity index (χ2n) is 4.41. The summed E-state index contributed by atoms with van der Waals surface area (Å²) >= 11 is 0. The van der Waals surface area contributed by atoms with E-state index in [0.29, 0.717) is 6.42 Å². The molecule has 0 bridgehead atoms. The molecule has 0 radical (unpaired) electrons. The zero-order chi connectivity index (χ0) is 15.0. The summed E-state index contributed by atoms with van der Waals surface area (Å²) in [5, 5.41) is 0. The molecule has 4 nitrogen and oxygen atoms in total. The number of rotatable bonds is 12. The van der Waals surface area contributed by atoms with E-state index in [1.807, 2.05) is 0 Å². The van der Waals surface area contributed by atoms with Gasteiger partial charge in [0.05, 0.1) is 6.61 Å². The van der Waals surface area contributed by atoms with Crippen LogP contribution in [-0.4, -0.2) is 19.6 Å². The van der Waals surface area contributed by atoms with E-state index < -0.39 is 10.4 Å². The minimum Gasteiger partial charge on any atom is -0.726 e. The summed E-state index contributed by atoms with van der Waals surface area (Å²) in [7, 11) is -4.48.